The van der Waals surface area contributed by atoms with Gasteiger partial charge in [0.1, 0.15) is 0 Å². The highest BCUT2D eigenvalue weighted by molar-refractivity contribution is 14.0. The summed E-state index contributed by atoms with van der Waals surface area (Å²) in [5.74, 6) is 0.706. The molecule has 4 heterocycles. The van der Waals surface area contributed by atoms with Gasteiger partial charge in [0.25, 0.3) is 0 Å². The summed E-state index contributed by atoms with van der Waals surface area (Å²) in [6.45, 7) is 9.51. The molecule has 1 atom stereocenters. The van der Waals surface area contributed by atoms with E-state index in [-0.39, 0.29) is 24.0 Å². The Bertz CT molecular complexity index is 616. The number of thiazole rings is 1. The van der Waals surface area contributed by atoms with Gasteiger partial charge in [-0.1, -0.05) is 0 Å². The zero-order valence-corrected chi connectivity index (χ0v) is 18.4. The van der Waals surface area contributed by atoms with Crippen LogP contribution in [0.4, 0.5) is 13.2 Å². The lowest BCUT2D eigenvalue weighted by molar-refractivity contribution is -0.140. The summed E-state index contributed by atoms with van der Waals surface area (Å²) in [7, 11) is 0. The summed E-state index contributed by atoms with van der Waals surface area (Å²) >= 11 is 1.04. The van der Waals surface area contributed by atoms with Crippen LogP contribution in [0.3, 0.4) is 0 Å². The van der Waals surface area contributed by atoms with Crippen LogP contribution in [0.2, 0.25) is 0 Å². The maximum absolute atomic E-state index is 12.6. The van der Waals surface area contributed by atoms with Gasteiger partial charge in [-0.2, -0.15) is 13.2 Å². The number of guanidine groups is 1. The molecular weight excluding hydrogens is 492 g/mol. The van der Waals surface area contributed by atoms with Crippen LogP contribution < -0.4 is 10.6 Å². The Morgan fingerprint density at radius 3 is 2.59 bits per heavy atom. The van der Waals surface area contributed by atoms with Crippen LogP contribution in [0.5, 0.6) is 0 Å². The van der Waals surface area contributed by atoms with Gasteiger partial charge in [-0.15, -0.1) is 35.3 Å². The monoisotopic (exact) mass is 518 g/mol. The first-order valence-corrected chi connectivity index (χ1v) is 9.84. The van der Waals surface area contributed by atoms with Crippen LogP contribution in [-0.4, -0.2) is 79.1 Å². The molecule has 1 aromatic rings. The molecule has 154 valence electrons. The number of aliphatic imine (C=N–C) groups is 1. The Morgan fingerprint density at radius 2 is 2.04 bits per heavy atom. The third-order valence-electron chi connectivity index (χ3n) is 4.67. The highest BCUT2D eigenvalue weighted by Gasteiger charge is 2.33. The lowest BCUT2D eigenvalue weighted by Crippen LogP contribution is -2.62. The molecule has 0 radical (unpaired) electrons. The molecule has 3 fully saturated rings. The number of aromatic nitrogens is 1. The number of fused-ring (bicyclic) bond motifs is 3. The van der Waals surface area contributed by atoms with E-state index in [2.05, 4.69) is 30.4 Å². The second-order valence-corrected chi connectivity index (χ2v) is 7.45. The number of alkyl halides is 3. The molecule has 11 heteroatoms. The van der Waals surface area contributed by atoms with E-state index in [0.29, 0.717) is 30.0 Å². The van der Waals surface area contributed by atoms with Crippen molar-refractivity contribution in [2.75, 3.05) is 52.4 Å². The lowest BCUT2D eigenvalue weighted by atomic mass is 10.1. The molecule has 0 amide bonds. The third-order valence-corrected chi connectivity index (χ3v) is 5.58. The van der Waals surface area contributed by atoms with Crippen molar-refractivity contribution >= 4 is 41.3 Å². The van der Waals surface area contributed by atoms with E-state index in [1.807, 2.05) is 6.92 Å². The van der Waals surface area contributed by atoms with Crippen molar-refractivity contribution in [1.29, 1.82) is 0 Å². The molecule has 6 nitrogen and oxygen atoms in total. The number of hydrogen-bond acceptors (Lipinski definition) is 5. The summed E-state index contributed by atoms with van der Waals surface area (Å²) in [4.78, 5) is 13.3. The summed E-state index contributed by atoms with van der Waals surface area (Å²) in [6.07, 6.45) is -3.93. The van der Waals surface area contributed by atoms with Gasteiger partial charge in [-0.25, -0.2) is 4.98 Å². The number of nitrogens with zero attached hydrogens (tertiary/aromatic N) is 4. The number of halogens is 4. The fraction of sp³-hybridized carbons (Fsp3) is 0.750. The van der Waals surface area contributed by atoms with Crippen LogP contribution in [-0.2, 0) is 12.6 Å². The van der Waals surface area contributed by atoms with Crippen molar-refractivity contribution in [3.63, 3.8) is 0 Å². The van der Waals surface area contributed by atoms with E-state index in [4.69, 9.17) is 0 Å². The normalized spacial score (nSPS) is 25.2. The second kappa shape index (κ2) is 10.2. The lowest BCUT2D eigenvalue weighted by Gasteiger charge is -2.47. The van der Waals surface area contributed by atoms with Gasteiger partial charge in [0.15, 0.2) is 11.7 Å². The topological polar surface area (TPSA) is 55.8 Å². The van der Waals surface area contributed by atoms with Crippen molar-refractivity contribution in [3.05, 3.63) is 16.1 Å². The molecular formula is C16H26F3IN6S. The van der Waals surface area contributed by atoms with Crippen molar-refractivity contribution in [1.82, 2.24) is 25.4 Å². The first kappa shape index (κ1) is 22.6. The summed E-state index contributed by atoms with van der Waals surface area (Å²) in [5, 5.41) is 7.93. The molecule has 27 heavy (non-hydrogen) atoms. The molecule has 2 N–H and O–H groups in total. The van der Waals surface area contributed by atoms with Crippen LogP contribution in [0.1, 0.15) is 17.6 Å². The highest BCUT2D eigenvalue weighted by atomic mass is 127. The molecule has 0 aliphatic carbocycles. The van der Waals surface area contributed by atoms with Crippen LogP contribution >= 0.6 is 35.3 Å². The van der Waals surface area contributed by atoms with Gasteiger partial charge < -0.3 is 10.6 Å². The minimum Gasteiger partial charge on any atom is -0.357 e. The fourth-order valence-electron chi connectivity index (χ4n) is 3.28. The largest absolute Gasteiger partial charge is 0.434 e. The fourth-order valence-corrected chi connectivity index (χ4v) is 4.08. The zero-order valence-electron chi connectivity index (χ0n) is 15.3. The van der Waals surface area contributed by atoms with Crippen LogP contribution in [0.25, 0.3) is 0 Å². The van der Waals surface area contributed by atoms with E-state index in [1.165, 1.54) is 0 Å². The van der Waals surface area contributed by atoms with Crippen LogP contribution in [0, 0.1) is 0 Å². The smallest absolute Gasteiger partial charge is 0.357 e. The van der Waals surface area contributed by atoms with E-state index in [9.17, 15) is 13.2 Å². The molecule has 0 aromatic carbocycles. The van der Waals surface area contributed by atoms with Crippen molar-refractivity contribution < 1.29 is 13.2 Å². The highest BCUT2D eigenvalue weighted by Crippen LogP contribution is 2.30. The molecule has 0 spiro atoms. The number of hydrogen-bond donors (Lipinski definition) is 2. The quantitative estimate of drug-likeness (QED) is 0.343. The average molecular weight is 518 g/mol. The third kappa shape index (κ3) is 6.43. The molecule has 3 aliphatic rings. The van der Waals surface area contributed by atoms with E-state index < -0.39 is 11.9 Å². The molecule has 3 saturated heterocycles. The van der Waals surface area contributed by atoms with Gasteiger partial charge in [0.2, 0.25) is 0 Å². The predicted molar refractivity (Wildman–Crippen MR) is 112 cm³/mol. The van der Waals surface area contributed by atoms with E-state index in [0.717, 1.165) is 62.5 Å². The van der Waals surface area contributed by atoms with Crippen molar-refractivity contribution in [2.24, 2.45) is 4.99 Å². The molecule has 4 rings (SSSR count). The Kier molecular flexibility index (Phi) is 8.56. The van der Waals surface area contributed by atoms with Gasteiger partial charge in [-0.3, -0.25) is 14.8 Å². The standard InChI is InChI=1S/C16H25F3N6S.HI/c1-2-20-15(22-9-12-10-24-5-7-25(12)8-6-24)21-4-3-14-23-13(11-26-14)16(17,18)19;/h11-12H,2-10H2,1H3,(H2,20,21,22);1H. The predicted octanol–water partition coefficient (Wildman–Crippen LogP) is 1.88. The Labute approximate surface area is 178 Å². The van der Waals surface area contributed by atoms with Gasteiger partial charge in [-0.05, 0) is 6.92 Å². The molecule has 0 saturated carbocycles. The molecule has 1 aromatic heterocycles. The van der Waals surface area contributed by atoms with Gasteiger partial charge in [0.05, 0.1) is 11.6 Å². The molecule has 2 bridgehead atoms. The Hall–Kier alpha value is -0.660. The Balaban J connectivity index is 0.00000261. The molecule has 1 unspecified atom stereocenters. The summed E-state index contributed by atoms with van der Waals surface area (Å²) in [6, 6.07) is 0.446. The SMILES string of the molecule is CCNC(=NCC1CN2CCN1CC2)NCCc1nc(C(F)(F)F)cs1.I. The van der Waals surface area contributed by atoms with E-state index >= 15 is 0 Å². The van der Waals surface area contributed by atoms with Gasteiger partial charge in [0, 0.05) is 63.7 Å². The van der Waals surface area contributed by atoms with E-state index in [1.54, 1.807) is 0 Å². The number of nitrogens with one attached hydrogen (secondary N) is 2. The van der Waals surface area contributed by atoms with Crippen molar-refractivity contribution in [2.45, 2.75) is 25.6 Å². The van der Waals surface area contributed by atoms with Crippen molar-refractivity contribution in [3.8, 4) is 0 Å². The molecule has 3 aliphatic heterocycles. The maximum atomic E-state index is 12.6. The second-order valence-electron chi connectivity index (χ2n) is 6.51. The number of piperazine rings is 3. The first-order chi connectivity index (χ1) is 12.5. The van der Waals surface area contributed by atoms with Gasteiger partial charge >= 0.3 is 6.18 Å². The zero-order chi connectivity index (χ0) is 18.6. The number of rotatable bonds is 6. The minimum absolute atomic E-state index is 0. The first-order valence-electron chi connectivity index (χ1n) is 8.96. The minimum atomic E-state index is -4.37. The summed E-state index contributed by atoms with van der Waals surface area (Å²) < 4.78 is 37.8. The summed E-state index contributed by atoms with van der Waals surface area (Å²) in [5.41, 5.74) is -0.811. The average Bonchev–Trinajstić information content (AvgIpc) is 3.10. The van der Waals surface area contributed by atoms with Crippen LogP contribution in [0.15, 0.2) is 10.4 Å². The Morgan fingerprint density at radius 1 is 1.30 bits per heavy atom. The maximum Gasteiger partial charge on any atom is 0.434 e.